The van der Waals surface area contributed by atoms with Crippen LogP contribution in [-0.2, 0) is 14.9 Å². The van der Waals surface area contributed by atoms with Crippen molar-refractivity contribution >= 4 is 15.9 Å². The second-order valence-corrected chi connectivity index (χ2v) is 10.8. The van der Waals surface area contributed by atoms with Crippen LogP contribution in [0.1, 0.15) is 77.0 Å². The molecule has 0 radical (unpaired) electrons. The number of hydrogen-bond acceptors (Lipinski definition) is 4. The van der Waals surface area contributed by atoms with Crippen molar-refractivity contribution in [1.29, 1.82) is 0 Å². The zero-order chi connectivity index (χ0) is 16.9. The summed E-state index contributed by atoms with van der Waals surface area (Å²) in [5.41, 5.74) is -0.481. The normalized spacial score (nSPS) is 40.6. The molecule has 0 amide bonds. The third-order valence-corrected chi connectivity index (χ3v) is 8.58. The zero-order valence-corrected chi connectivity index (χ0v) is 15.2. The van der Waals surface area contributed by atoms with E-state index < -0.39 is 20.8 Å². The van der Waals surface area contributed by atoms with Gasteiger partial charge in [0.1, 0.15) is 15.4 Å². The first-order chi connectivity index (χ1) is 11.4. The van der Waals surface area contributed by atoms with Gasteiger partial charge in [0.15, 0.2) is 5.78 Å². The van der Waals surface area contributed by atoms with E-state index in [1.807, 2.05) is 0 Å². The van der Waals surface area contributed by atoms with Crippen LogP contribution in [0.2, 0.25) is 0 Å². The Balaban J connectivity index is 1.57. The Morgan fingerprint density at radius 3 is 1.92 bits per heavy atom. The fourth-order valence-electron chi connectivity index (χ4n) is 6.84. The van der Waals surface area contributed by atoms with Gasteiger partial charge in [-0.25, -0.2) is 8.42 Å². The molecule has 0 saturated heterocycles. The molecule has 24 heavy (non-hydrogen) atoms. The first-order valence-electron chi connectivity index (χ1n) is 9.85. The second-order valence-electron chi connectivity index (χ2n) is 9.28. The van der Waals surface area contributed by atoms with Gasteiger partial charge >= 0.3 is 0 Å². The van der Waals surface area contributed by atoms with Crippen molar-refractivity contribution in [2.45, 2.75) is 82.3 Å². The van der Waals surface area contributed by atoms with Gasteiger partial charge in [0, 0.05) is 5.41 Å². The number of Topliss-reactive ketones (excluding diaryl/α,β-unsaturated/α-hetero) is 1. The number of carbonyl (C=O) groups excluding carboxylic acids is 1. The lowest BCUT2D eigenvalue weighted by Crippen LogP contribution is -2.54. The van der Waals surface area contributed by atoms with E-state index >= 15 is 0 Å². The quantitative estimate of drug-likeness (QED) is 0.707. The number of carbonyl (C=O) groups is 1. The fraction of sp³-hybridized carbons (Fsp3) is 0.947. The number of hydrogen-bond donors (Lipinski definition) is 0. The smallest absolute Gasteiger partial charge is 0.155 e. The van der Waals surface area contributed by atoms with E-state index in [9.17, 15) is 17.8 Å². The molecule has 1 atom stereocenters. The molecule has 4 nitrogen and oxygen atoms in total. The van der Waals surface area contributed by atoms with E-state index in [1.54, 1.807) is 0 Å². The molecule has 0 heterocycles. The molecule has 5 aliphatic rings. The third-order valence-electron chi connectivity index (χ3n) is 7.47. The summed E-state index contributed by atoms with van der Waals surface area (Å²) in [6.45, 7) is 0. The molecule has 5 heteroatoms. The third kappa shape index (κ3) is 3.07. The molecule has 0 aliphatic heterocycles. The molecule has 5 saturated carbocycles. The summed E-state index contributed by atoms with van der Waals surface area (Å²) in [5, 5.41) is -1.28. The predicted molar refractivity (Wildman–Crippen MR) is 90.3 cm³/mol. The van der Waals surface area contributed by atoms with Crippen LogP contribution in [-0.4, -0.2) is 24.0 Å². The molecule has 5 aliphatic carbocycles. The highest BCUT2D eigenvalue weighted by atomic mass is 32.2. The number of ketones is 1. The van der Waals surface area contributed by atoms with Crippen molar-refractivity contribution in [1.82, 2.24) is 0 Å². The van der Waals surface area contributed by atoms with E-state index in [1.165, 1.54) is 25.7 Å². The van der Waals surface area contributed by atoms with Crippen molar-refractivity contribution in [3.8, 4) is 0 Å². The second kappa shape index (κ2) is 6.08. The Morgan fingerprint density at radius 1 is 0.958 bits per heavy atom. The summed E-state index contributed by atoms with van der Waals surface area (Å²) in [7, 11) is -4.56. The van der Waals surface area contributed by atoms with Crippen LogP contribution in [0.25, 0.3) is 0 Å². The van der Waals surface area contributed by atoms with Crippen LogP contribution in [0.5, 0.6) is 0 Å². The highest BCUT2D eigenvalue weighted by Gasteiger charge is 2.56. The predicted octanol–water partition coefficient (Wildman–Crippen LogP) is 3.66. The van der Waals surface area contributed by atoms with Crippen LogP contribution in [0.3, 0.4) is 0 Å². The maximum atomic E-state index is 13.3. The standard InChI is InChI=1S/C19H30O4S/c20-18(17(24(21,22)23)9-13-4-2-1-3-5-13)19-10-14-6-15(11-19)8-16(7-14)12-19/h13-17H,1-12H2,(H,21,22,23)/p-1. The van der Waals surface area contributed by atoms with E-state index in [0.29, 0.717) is 17.8 Å². The van der Waals surface area contributed by atoms with Gasteiger partial charge in [0.25, 0.3) is 0 Å². The van der Waals surface area contributed by atoms with Gasteiger partial charge in [-0.05, 0) is 68.6 Å². The molecular weight excluding hydrogens is 324 g/mol. The highest BCUT2D eigenvalue weighted by molar-refractivity contribution is 7.87. The fourth-order valence-corrected chi connectivity index (χ4v) is 7.86. The van der Waals surface area contributed by atoms with Gasteiger partial charge in [-0.15, -0.1) is 0 Å². The minimum absolute atomic E-state index is 0.192. The van der Waals surface area contributed by atoms with Crippen molar-refractivity contribution in [2.75, 3.05) is 0 Å². The maximum absolute atomic E-state index is 13.3. The van der Waals surface area contributed by atoms with Crippen LogP contribution < -0.4 is 0 Å². The minimum Gasteiger partial charge on any atom is -0.747 e. The monoisotopic (exact) mass is 353 g/mol. The summed E-state index contributed by atoms with van der Waals surface area (Å²) < 4.78 is 35.9. The lowest BCUT2D eigenvalue weighted by Gasteiger charge is -2.56. The molecular formula is C19H29O4S-. The Morgan fingerprint density at radius 2 is 1.46 bits per heavy atom. The van der Waals surface area contributed by atoms with Gasteiger partial charge in [-0.2, -0.15) is 0 Å². The maximum Gasteiger partial charge on any atom is 0.155 e. The average molecular weight is 354 g/mol. The topological polar surface area (TPSA) is 74.3 Å². The van der Waals surface area contributed by atoms with Crippen molar-refractivity contribution in [3.63, 3.8) is 0 Å². The summed E-state index contributed by atoms with van der Waals surface area (Å²) in [5.74, 6) is 1.81. The van der Waals surface area contributed by atoms with E-state index in [4.69, 9.17) is 0 Å². The molecule has 136 valence electrons. The molecule has 1 unspecified atom stereocenters. The van der Waals surface area contributed by atoms with Crippen molar-refractivity contribution in [3.05, 3.63) is 0 Å². The Kier molecular flexibility index (Phi) is 4.31. The molecule has 5 fully saturated rings. The summed E-state index contributed by atoms with van der Waals surface area (Å²) >= 11 is 0. The van der Waals surface area contributed by atoms with Crippen LogP contribution >= 0.6 is 0 Å². The largest absolute Gasteiger partial charge is 0.747 e. The average Bonchev–Trinajstić information content (AvgIpc) is 2.50. The van der Waals surface area contributed by atoms with Crippen LogP contribution in [0.4, 0.5) is 0 Å². The molecule has 4 bridgehead atoms. The summed E-state index contributed by atoms with van der Waals surface area (Å²) in [6.07, 6.45) is 11.8. The summed E-state index contributed by atoms with van der Waals surface area (Å²) in [4.78, 5) is 13.3. The SMILES string of the molecule is O=C(C(CC1CCCCC1)S(=O)(=O)[O-])C12CC3CC(CC(C3)C1)C2. The first-order valence-corrected chi connectivity index (χ1v) is 11.3. The molecule has 0 aromatic carbocycles. The van der Waals surface area contributed by atoms with E-state index in [2.05, 4.69) is 0 Å². The van der Waals surface area contributed by atoms with E-state index in [-0.39, 0.29) is 18.1 Å². The van der Waals surface area contributed by atoms with Gasteiger partial charge in [0.2, 0.25) is 0 Å². The summed E-state index contributed by atoms with van der Waals surface area (Å²) in [6, 6.07) is 0. The lowest BCUT2D eigenvalue weighted by molar-refractivity contribution is -0.143. The molecule has 5 rings (SSSR count). The Hall–Kier alpha value is -0.420. The van der Waals surface area contributed by atoms with Crippen LogP contribution in [0, 0.1) is 29.1 Å². The first kappa shape index (κ1) is 17.0. The van der Waals surface area contributed by atoms with Crippen LogP contribution in [0.15, 0.2) is 0 Å². The Bertz CT molecular complexity index is 568. The lowest BCUT2D eigenvalue weighted by atomic mass is 9.48. The van der Waals surface area contributed by atoms with Gasteiger partial charge in [-0.3, -0.25) is 4.79 Å². The molecule has 0 N–H and O–H groups in total. The van der Waals surface area contributed by atoms with Crippen molar-refractivity contribution in [2.24, 2.45) is 29.1 Å². The van der Waals surface area contributed by atoms with Gasteiger partial charge in [0.05, 0.1) is 0 Å². The molecule has 0 aromatic rings. The minimum atomic E-state index is -4.56. The van der Waals surface area contributed by atoms with Gasteiger partial charge < -0.3 is 4.55 Å². The zero-order valence-electron chi connectivity index (χ0n) is 14.4. The Labute approximate surface area is 145 Å². The van der Waals surface area contributed by atoms with Crippen molar-refractivity contribution < 1.29 is 17.8 Å². The number of rotatable bonds is 5. The molecule has 0 spiro atoms. The van der Waals surface area contributed by atoms with Gasteiger partial charge in [-0.1, -0.05) is 32.1 Å². The molecule has 0 aromatic heterocycles. The van der Waals surface area contributed by atoms with E-state index in [0.717, 1.165) is 44.9 Å². The highest BCUT2D eigenvalue weighted by Crippen LogP contribution is 2.61.